The number of guanidine groups is 1. The average molecular weight is 477 g/mol. The van der Waals surface area contributed by atoms with Crippen molar-refractivity contribution in [1.29, 1.82) is 0 Å². The van der Waals surface area contributed by atoms with Gasteiger partial charge in [-0.25, -0.2) is 8.42 Å². The summed E-state index contributed by atoms with van der Waals surface area (Å²) < 4.78 is 29.0. The highest BCUT2D eigenvalue weighted by molar-refractivity contribution is 7.92. The summed E-state index contributed by atoms with van der Waals surface area (Å²) in [6, 6.07) is 6.97. The van der Waals surface area contributed by atoms with Crippen LogP contribution in [0, 0.1) is 13.8 Å². The second-order valence-electron chi connectivity index (χ2n) is 7.49. The van der Waals surface area contributed by atoms with Crippen molar-refractivity contribution in [2.24, 2.45) is 16.5 Å². The first-order chi connectivity index (χ1) is 15.5. The van der Waals surface area contributed by atoms with E-state index in [0.717, 1.165) is 10.1 Å². The molecule has 33 heavy (non-hydrogen) atoms. The third-order valence-corrected chi connectivity index (χ3v) is 6.20. The van der Waals surface area contributed by atoms with Crippen LogP contribution in [0.15, 0.2) is 51.2 Å². The van der Waals surface area contributed by atoms with E-state index >= 15 is 0 Å². The molecule has 0 saturated heterocycles. The zero-order valence-electron chi connectivity index (χ0n) is 18.4. The molecule has 11 nitrogen and oxygen atoms in total. The van der Waals surface area contributed by atoms with Crippen molar-refractivity contribution < 1.29 is 18.0 Å². The number of hydrogen-bond acceptors (Lipinski definition) is 6. The van der Waals surface area contributed by atoms with E-state index in [1.165, 1.54) is 24.4 Å². The fraction of sp³-hybridized carbons (Fsp3) is 0.333. The molecule has 1 aromatic carbocycles. The topological polar surface area (TPSA) is 179 Å². The summed E-state index contributed by atoms with van der Waals surface area (Å²) in [7, 11) is -4.01. The number of carbonyl (C=O) groups is 2. The van der Waals surface area contributed by atoms with Gasteiger partial charge in [0.25, 0.3) is 15.6 Å². The smallest absolute Gasteiger partial charge is 0.275 e. The lowest BCUT2D eigenvalue weighted by Gasteiger charge is -2.14. The Labute approximate surface area is 191 Å². The van der Waals surface area contributed by atoms with Gasteiger partial charge in [-0.3, -0.25) is 19.3 Å². The quantitative estimate of drug-likeness (QED) is 0.152. The molecule has 2 aromatic rings. The van der Waals surface area contributed by atoms with Crippen molar-refractivity contribution >= 4 is 33.9 Å². The number of nitrogens with one attached hydrogen (secondary N) is 2. The van der Waals surface area contributed by atoms with Gasteiger partial charge in [-0.2, -0.15) is 0 Å². The molecule has 2 rings (SSSR count). The summed E-state index contributed by atoms with van der Waals surface area (Å²) >= 11 is 0. The minimum absolute atomic E-state index is 0.0598. The highest BCUT2D eigenvalue weighted by atomic mass is 32.2. The van der Waals surface area contributed by atoms with Crippen LogP contribution < -0.4 is 27.1 Å². The van der Waals surface area contributed by atoms with E-state index < -0.39 is 34.1 Å². The fourth-order valence-corrected chi connectivity index (χ4v) is 4.42. The molecule has 1 aromatic heterocycles. The Balaban J connectivity index is 2.11. The van der Waals surface area contributed by atoms with Crippen molar-refractivity contribution in [2.45, 2.75) is 44.2 Å². The second-order valence-corrected chi connectivity index (χ2v) is 9.14. The van der Waals surface area contributed by atoms with E-state index in [9.17, 15) is 22.8 Å². The lowest BCUT2D eigenvalue weighted by Crippen LogP contribution is -2.40. The van der Waals surface area contributed by atoms with Crippen molar-refractivity contribution in [1.82, 2.24) is 9.88 Å². The summed E-state index contributed by atoms with van der Waals surface area (Å²) in [5, 5.41) is 2.52. The monoisotopic (exact) mass is 476 g/mol. The number of aryl methyl sites for hydroxylation is 2. The van der Waals surface area contributed by atoms with E-state index in [1.54, 1.807) is 26.0 Å². The van der Waals surface area contributed by atoms with Gasteiger partial charge in [0.1, 0.15) is 18.5 Å². The number of sulfonamides is 1. The van der Waals surface area contributed by atoms with E-state index in [4.69, 9.17) is 11.5 Å². The predicted molar refractivity (Wildman–Crippen MR) is 125 cm³/mol. The van der Waals surface area contributed by atoms with Gasteiger partial charge < -0.3 is 26.1 Å². The Morgan fingerprint density at radius 1 is 1.24 bits per heavy atom. The number of nitrogens with two attached hydrogens (primary N) is 2. The van der Waals surface area contributed by atoms with Gasteiger partial charge in [0.2, 0.25) is 5.91 Å². The molecule has 6 N–H and O–H groups in total. The van der Waals surface area contributed by atoms with E-state index in [0.29, 0.717) is 31.2 Å². The lowest BCUT2D eigenvalue weighted by molar-refractivity contribution is -0.124. The first kappa shape index (κ1) is 25.6. The number of benzene rings is 1. The minimum Gasteiger partial charge on any atom is -0.370 e. The molecule has 1 atom stereocenters. The van der Waals surface area contributed by atoms with Gasteiger partial charge in [0.15, 0.2) is 5.96 Å². The predicted octanol–water partition coefficient (Wildman–Crippen LogP) is 0.00324. The molecule has 1 heterocycles. The zero-order valence-corrected chi connectivity index (χ0v) is 19.3. The third kappa shape index (κ3) is 7.45. The summed E-state index contributed by atoms with van der Waals surface area (Å²) in [5.74, 6) is -0.639. The SMILES string of the molecule is Cc1ccc(C)c(S(=O)(=O)Nc2cccn(CC(=O)NC(C=O)CCCN=C(N)N)c2=O)c1. The normalized spacial score (nSPS) is 11.9. The number of aliphatic imine (C=N–C) groups is 1. The zero-order chi connectivity index (χ0) is 24.6. The molecular formula is C21H28N6O5S. The number of aromatic nitrogens is 1. The maximum atomic E-state index is 12.8. The average Bonchev–Trinajstić information content (AvgIpc) is 2.74. The summed E-state index contributed by atoms with van der Waals surface area (Å²) in [5.41, 5.74) is 10.9. The molecular weight excluding hydrogens is 448 g/mol. The molecule has 178 valence electrons. The van der Waals surface area contributed by atoms with Crippen molar-refractivity contribution in [3.05, 3.63) is 58.0 Å². The lowest BCUT2D eigenvalue weighted by atomic mass is 10.2. The molecule has 0 aliphatic heterocycles. The van der Waals surface area contributed by atoms with Crippen LogP contribution in [-0.2, 0) is 26.2 Å². The number of carbonyl (C=O) groups excluding carboxylic acids is 2. The molecule has 0 spiro atoms. The van der Waals surface area contributed by atoms with Crippen LogP contribution in [0.5, 0.6) is 0 Å². The number of rotatable bonds is 11. The Kier molecular flexibility index (Phi) is 8.74. The molecule has 0 aliphatic rings. The largest absolute Gasteiger partial charge is 0.370 e. The molecule has 0 fully saturated rings. The van der Waals surface area contributed by atoms with Gasteiger partial charge in [-0.1, -0.05) is 12.1 Å². The third-order valence-electron chi connectivity index (χ3n) is 4.69. The summed E-state index contributed by atoms with van der Waals surface area (Å²) in [6.45, 7) is 3.34. The van der Waals surface area contributed by atoms with Gasteiger partial charge in [-0.15, -0.1) is 0 Å². The van der Waals surface area contributed by atoms with Crippen LogP contribution in [0.2, 0.25) is 0 Å². The van der Waals surface area contributed by atoms with Crippen molar-refractivity contribution in [2.75, 3.05) is 11.3 Å². The maximum Gasteiger partial charge on any atom is 0.275 e. The minimum atomic E-state index is -4.01. The second kappa shape index (κ2) is 11.3. The Bertz CT molecular complexity index is 1200. The highest BCUT2D eigenvalue weighted by Gasteiger charge is 2.20. The maximum absolute atomic E-state index is 12.8. The fourth-order valence-electron chi connectivity index (χ4n) is 3.04. The van der Waals surface area contributed by atoms with E-state index in [-0.39, 0.29) is 16.5 Å². The van der Waals surface area contributed by atoms with Crippen LogP contribution in [0.4, 0.5) is 5.69 Å². The number of amides is 1. The number of aldehydes is 1. The Hall–Kier alpha value is -3.67. The van der Waals surface area contributed by atoms with Crippen LogP contribution in [0.1, 0.15) is 24.0 Å². The van der Waals surface area contributed by atoms with Crippen LogP contribution in [-0.4, -0.2) is 43.7 Å². The Morgan fingerprint density at radius 3 is 2.64 bits per heavy atom. The van der Waals surface area contributed by atoms with Crippen molar-refractivity contribution in [3.63, 3.8) is 0 Å². The first-order valence-electron chi connectivity index (χ1n) is 10.1. The molecule has 1 amide bonds. The number of anilines is 1. The van der Waals surface area contributed by atoms with Crippen molar-refractivity contribution in [3.8, 4) is 0 Å². The number of hydrogen-bond donors (Lipinski definition) is 4. The molecule has 0 bridgehead atoms. The number of nitrogens with zero attached hydrogens (tertiary/aromatic N) is 2. The summed E-state index contributed by atoms with van der Waals surface area (Å²) in [6.07, 6.45) is 2.73. The molecule has 0 aliphatic carbocycles. The van der Waals surface area contributed by atoms with Gasteiger partial charge in [0.05, 0.1) is 10.9 Å². The van der Waals surface area contributed by atoms with Crippen LogP contribution >= 0.6 is 0 Å². The van der Waals surface area contributed by atoms with Crippen LogP contribution in [0.3, 0.4) is 0 Å². The summed E-state index contributed by atoms with van der Waals surface area (Å²) in [4.78, 5) is 40.2. The first-order valence-corrected chi connectivity index (χ1v) is 11.6. The van der Waals surface area contributed by atoms with E-state index in [2.05, 4.69) is 15.0 Å². The van der Waals surface area contributed by atoms with Gasteiger partial charge >= 0.3 is 0 Å². The molecule has 0 radical (unpaired) electrons. The van der Waals surface area contributed by atoms with E-state index in [1.807, 2.05) is 0 Å². The highest BCUT2D eigenvalue weighted by Crippen LogP contribution is 2.19. The standard InChI is InChI=1S/C21H28N6O5S/c1-14-7-8-15(2)18(11-14)33(31,32)26-17-6-4-10-27(20(17)30)12-19(29)25-16(13-28)5-3-9-24-21(22)23/h4,6-8,10-11,13,16,26H,3,5,9,12H2,1-2H3,(H,25,29)(H4,22,23,24). The van der Waals surface area contributed by atoms with Crippen LogP contribution in [0.25, 0.3) is 0 Å². The van der Waals surface area contributed by atoms with Gasteiger partial charge in [-0.05, 0) is 56.0 Å². The van der Waals surface area contributed by atoms with Gasteiger partial charge in [0, 0.05) is 12.7 Å². The molecule has 0 saturated carbocycles. The Morgan fingerprint density at radius 2 is 1.97 bits per heavy atom. The molecule has 12 heteroatoms. The molecule has 1 unspecified atom stereocenters. The number of pyridine rings is 1.